The molecular weight excluding hydrogens is 274 g/mol. The molecule has 2 aromatic carbocycles. The number of carbonyl (C=O) groups excluding carboxylic acids is 1. The maximum absolute atomic E-state index is 11.6. The number of anilines is 1. The summed E-state index contributed by atoms with van der Waals surface area (Å²) in [6.07, 6.45) is 7.67. The van der Waals surface area contributed by atoms with Gasteiger partial charge in [0.25, 0.3) is 0 Å². The zero-order valence-corrected chi connectivity index (χ0v) is 12.3. The number of rotatable bonds is 6. The predicted molar refractivity (Wildman–Crippen MR) is 90.9 cm³/mol. The minimum Gasteiger partial charge on any atom is -0.461 e. The Labute approximate surface area is 130 Å². The average Bonchev–Trinajstić information content (AvgIpc) is 2.54. The summed E-state index contributed by atoms with van der Waals surface area (Å²) >= 11 is 0. The molecule has 0 aliphatic rings. The summed E-state index contributed by atoms with van der Waals surface area (Å²) in [5.41, 5.74) is 8.42. The SMILES string of the molecule is Nc1ccc(C=CCC(=O)OCC=Cc2ccccc2)cc1. The molecule has 3 heteroatoms. The van der Waals surface area contributed by atoms with E-state index in [1.807, 2.05) is 72.8 Å². The van der Waals surface area contributed by atoms with Gasteiger partial charge in [0.05, 0.1) is 6.42 Å². The van der Waals surface area contributed by atoms with Crippen LogP contribution in [-0.4, -0.2) is 12.6 Å². The van der Waals surface area contributed by atoms with E-state index in [0.717, 1.165) is 16.8 Å². The molecule has 0 saturated carbocycles. The van der Waals surface area contributed by atoms with E-state index in [-0.39, 0.29) is 19.0 Å². The molecule has 0 aliphatic carbocycles. The molecule has 2 rings (SSSR count). The summed E-state index contributed by atoms with van der Waals surface area (Å²) < 4.78 is 5.12. The highest BCUT2D eigenvalue weighted by atomic mass is 16.5. The van der Waals surface area contributed by atoms with Crippen LogP contribution in [0.25, 0.3) is 12.2 Å². The highest BCUT2D eigenvalue weighted by Crippen LogP contribution is 2.07. The molecule has 0 aliphatic heterocycles. The van der Waals surface area contributed by atoms with Gasteiger partial charge in [0.1, 0.15) is 6.61 Å². The fraction of sp³-hybridized carbons (Fsp3) is 0.105. The van der Waals surface area contributed by atoms with Gasteiger partial charge in [-0.2, -0.15) is 0 Å². The largest absolute Gasteiger partial charge is 0.461 e. The lowest BCUT2D eigenvalue weighted by Gasteiger charge is -1.99. The second-order valence-electron chi connectivity index (χ2n) is 4.77. The summed E-state index contributed by atoms with van der Waals surface area (Å²) in [7, 11) is 0. The fourth-order valence-electron chi connectivity index (χ4n) is 1.85. The van der Waals surface area contributed by atoms with E-state index < -0.39 is 0 Å². The number of benzene rings is 2. The van der Waals surface area contributed by atoms with E-state index in [0.29, 0.717) is 0 Å². The number of nitrogen functional groups attached to an aromatic ring is 1. The number of hydrogen-bond donors (Lipinski definition) is 1. The summed E-state index contributed by atoms with van der Waals surface area (Å²) in [4.78, 5) is 11.6. The first-order valence-electron chi connectivity index (χ1n) is 7.13. The summed E-state index contributed by atoms with van der Waals surface area (Å²) in [6.45, 7) is 0.281. The summed E-state index contributed by atoms with van der Waals surface area (Å²) in [5, 5.41) is 0. The van der Waals surface area contributed by atoms with Gasteiger partial charge < -0.3 is 10.5 Å². The monoisotopic (exact) mass is 293 g/mol. The van der Waals surface area contributed by atoms with Gasteiger partial charge in [0, 0.05) is 5.69 Å². The summed E-state index contributed by atoms with van der Waals surface area (Å²) in [5.74, 6) is -0.246. The van der Waals surface area contributed by atoms with Crippen molar-refractivity contribution in [3.05, 3.63) is 77.9 Å². The minimum atomic E-state index is -0.246. The van der Waals surface area contributed by atoms with Crippen LogP contribution in [0.3, 0.4) is 0 Å². The van der Waals surface area contributed by atoms with Crippen LogP contribution in [0.1, 0.15) is 17.5 Å². The molecule has 0 radical (unpaired) electrons. The molecule has 0 amide bonds. The molecule has 3 nitrogen and oxygen atoms in total. The number of esters is 1. The third-order valence-corrected chi connectivity index (χ3v) is 2.98. The van der Waals surface area contributed by atoms with E-state index in [2.05, 4.69) is 0 Å². The molecule has 22 heavy (non-hydrogen) atoms. The first kappa shape index (κ1) is 15.6. The van der Waals surface area contributed by atoms with E-state index in [4.69, 9.17) is 10.5 Å². The fourth-order valence-corrected chi connectivity index (χ4v) is 1.85. The quantitative estimate of drug-likeness (QED) is 0.648. The van der Waals surface area contributed by atoms with Crippen LogP contribution in [-0.2, 0) is 9.53 Å². The van der Waals surface area contributed by atoms with E-state index in [9.17, 15) is 4.79 Å². The zero-order valence-electron chi connectivity index (χ0n) is 12.3. The minimum absolute atomic E-state index is 0.246. The Kier molecular flexibility index (Phi) is 6.00. The van der Waals surface area contributed by atoms with Gasteiger partial charge >= 0.3 is 5.97 Å². The molecule has 0 aromatic heterocycles. The highest BCUT2D eigenvalue weighted by molar-refractivity contribution is 5.73. The molecule has 0 atom stereocenters. The van der Waals surface area contributed by atoms with E-state index in [1.54, 1.807) is 6.08 Å². The van der Waals surface area contributed by atoms with Crippen LogP contribution in [0, 0.1) is 0 Å². The molecule has 2 aromatic rings. The predicted octanol–water partition coefficient (Wildman–Crippen LogP) is 3.93. The Bertz CT molecular complexity index is 643. The Morgan fingerprint density at radius 2 is 1.55 bits per heavy atom. The Morgan fingerprint density at radius 1 is 0.909 bits per heavy atom. The van der Waals surface area contributed by atoms with Gasteiger partial charge in [-0.15, -0.1) is 0 Å². The molecule has 0 unspecified atom stereocenters. The van der Waals surface area contributed by atoms with Gasteiger partial charge in [0.15, 0.2) is 0 Å². The van der Waals surface area contributed by atoms with Gasteiger partial charge in [0.2, 0.25) is 0 Å². The Morgan fingerprint density at radius 3 is 2.27 bits per heavy atom. The lowest BCUT2D eigenvalue weighted by molar-refractivity contribution is -0.141. The number of carbonyl (C=O) groups is 1. The average molecular weight is 293 g/mol. The lowest BCUT2D eigenvalue weighted by atomic mass is 10.2. The van der Waals surface area contributed by atoms with Crippen molar-refractivity contribution in [2.24, 2.45) is 0 Å². The van der Waals surface area contributed by atoms with Gasteiger partial charge in [-0.1, -0.05) is 60.7 Å². The normalized spacial score (nSPS) is 11.1. The first-order chi connectivity index (χ1) is 10.7. The lowest BCUT2D eigenvalue weighted by Crippen LogP contribution is -2.02. The molecule has 2 N–H and O–H groups in total. The van der Waals surface area contributed by atoms with Crippen molar-refractivity contribution in [2.75, 3.05) is 12.3 Å². The van der Waals surface area contributed by atoms with E-state index >= 15 is 0 Å². The van der Waals surface area contributed by atoms with Crippen LogP contribution in [0.5, 0.6) is 0 Å². The van der Waals surface area contributed by atoms with Crippen molar-refractivity contribution in [1.82, 2.24) is 0 Å². The second kappa shape index (κ2) is 8.47. The van der Waals surface area contributed by atoms with Gasteiger partial charge in [-0.25, -0.2) is 0 Å². The van der Waals surface area contributed by atoms with Crippen LogP contribution in [0.2, 0.25) is 0 Å². The third kappa shape index (κ3) is 5.67. The second-order valence-corrected chi connectivity index (χ2v) is 4.77. The number of nitrogens with two attached hydrogens (primary N) is 1. The first-order valence-corrected chi connectivity index (χ1v) is 7.13. The van der Waals surface area contributed by atoms with Crippen molar-refractivity contribution in [3.63, 3.8) is 0 Å². The van der Waals surface area contributed by atoms with Crippen molar-refractivity contribution in [3.8, 4) is 0 Å². The maximum atomic E-state index is 11.6. The zero-order chi connectivity index (χ0) is 15.6. The number of hydrogen-bond acceptors (Lipinski definition) is 3. The molecule has 0 heterocycles. The topological polar surface area (TPSA) is 52.3 Å². The maximum Gasteiger partial charge on any atom is 0.309 e. The molecule has 112 valence electrons. The standard InChI is InChI=1S/C19H19NO2/c20-18-13-11-17(12-14-18)8-4-10-19(21)22-15-5-9-16-6-2-1-3-7-16/h1-9,11-14H,10,15,20H2. The van der Waals surface area contributed by atoms with Crippen LogP contribution in [0.15, 0.2) is 66.7 Å². The number of ether oxygens (including phenoxy) is 1. The van der Waals surface area contributed by atoms with Gasteiger partial charge in [-0.3, -0.25) is 4.79 Å². The molecule has 0 fully saturated rings. The van der Waals surface area contributed by atoms with Crippen LogP contribution in [0.4, 0.5) is 5.69 Å². The van der Waals surface area contributed by atoms with Crippen molar-refractivity contribution in [2.45, 2.75) is 6.42 Å². The van der Waals surface area contributed by atoms with Crippen LogP contribution < -0.4 is 5.73 Å². The Hall–Kier alpha value is -2.81. The van der Waals surface area contributed by atoms with Crippen molar-refractivity contribution >= 4 is 23.8 Å². The summed E-state index contributed by atoms with van der Waals surface area (Å²) in [6, 6.07) is 17.3. The molecule has 0 spiro atoms. The Balaban J connectivity index is 1.70. The van der Waals surface area contributed by atoms with E-state index in [1.165, 1.54) is 0 Å². The van der Waals surface area contributed by atoms with Crippen molar-refractivity contribution in [1.29, 1.82) is 0 Å². The molecule has 0 saturated heterocycles. The smallest absolute Gasteiger partial charge is 0.309 e. The molecular formula is C19H19NO2. The third-order valence-electron chi connectivity index (χ3n) is 2.98. The highest BCUT2D eigenvalue weighted by Gasteiger charge is 1.97. The van der Waals surface area contributed by atoms with Crippen molar-refractivity contribution < 1.29 is 9.53 Å². The molecule has 0 bridgehead atoms. The van der Waals surface area contributed by atoms with Gasteiger partial charge in [-0.05, 0) is 29.3 Å². The van der Waals surface area contributed by atoms with Crippen LogP contribution >= 0.6 is 0 Å².